The van der Waals surface area contributed by atoms with Crippen LogP contribution in [0.1, 0.15) is 43.1 Å². The Balaban J connectivity index is 1.85. The van der Waals surface area contributed by atoms with E-state index < -0.39 is 5.97 Å². The summed E-state index contributed by atoms with van der Waals surface area (Å²) in [4.78, 5) is 26.0. The van der Waals surface area contributed by atoms with Crippen molar-refractivity contribution in [3.05, 3.63) is 35.4 Å². The van der Waals surface area contributed by atoms with E-state index in [4.69, 9.17) is 4.74 Å². The van der Waals surface area contributed by atoms with Crippen molar-refractivity contribution >= 4 is 11.9 Å². The first-order chi connectivity index (χ1) is 10.5. The van der Waals surface area contributed by atoms with Gasteiger partial charge in [0.05, 0.1) is 5.56 Å². The monoisotopic (exact) mass is 303 g/mol. The van der Waals surface area contributed by atoms with E-state index in [0.29, 0.717) is 17.4 Å². The summed E-state index contributed by atoms with van der Waals surface area (Å²) in [6.45, 7) is 7.70. The normalized spacial score (nSPS) is 21.5. The summed E-state index contributed by atoms with van der Waals surface area (Å²) in [6, 6.07) is 7.31. The average Bonchev–Trinajstić information content (AvgIpc) is 2.51. The molecule has 4 nitrogen and oxygen atoms in total. The average molecular weight is 303 g/mol. The Kier molecular flexibility index (Phi) is 5.58. The van der Waals surface area contributed by atoms with Gasteiger partial charge in [-0.3, -0.25) is 4.79 Å². The van der Waals surface area contributed by atoms with E-state index in [1.165, 1.54) is 5.56 Å². The fourth-order valence-electron chi connectivity index (χ4n) is 3.05. The van der Waals surface area contributed by atoms with Gasteiger partial charge in [0.15, 0.2) is 6.61 Å². The number of benzene rings is 1. The first kappa shape index (κ1) is 16.5. The Bertz CT molecular complexity index is 514. The molecule has 2 unspecified atom stereocenters. The molecule has 1 heterocycles. The van der Waals surface area contributed by atoms with E-state index >= 15 is 0 Å². The number of carbonyl (C=O) groups excluding carboxylic acids is 2. The zero-order valence-electron chi connectivity index (χ0n) is 13.7. The Labute approximate surface area is 132 Å². The van der Waals surface area contributed by atoms with Crippen molar-refractivity contribution < 1.29 is 14.3 Å². The van der Waals surface area contributed by atoms with Crippen LogP contribution in [0.15, 0.2) is 24.3 Å². The molecule has 0 radical (unpaired) electrons. The molecule has 0 aliphatic carbocycles. The second kappa shape index (κ2) is 7.43. The number of amides is 1. The fourth-order valence-corrected chi connectivity index (χ4v) is 3.05. The van der Waals surface area contributed by atoms with Crippen molar-refractivity contribution in [2.75, 3.05) is 19.7 Å². The maximum absolute atomic E-state index is 12.2. The van der Waals surface area contributed by atoms with Gasteiger partial charge >= 0.3 is 5.97 Å². The van der Waals surface area contributed by atoms with E-state index in [0.717, 1.165) is 25.9 Å². The van der Waals surface area contributed by atoms with Crippen molar-refractivity contribution in [3.8, 4) is 0 Å². The molecule has 0 N–H and O–H groups in total. The number of aryl methyl sites for hydroxylation is 1. The molecular formula is C18H25NO3. The van der Waals surface area contributed by atoms with Gasteiger partial charge < -0.3 is 9.64 Å². The molecule has 1 aliphatic rings. The fraction of sp³-hybridized carbons (Fsp3) is 0.556. The Morgan fingerprint density at radius 2 is 1.73 bits per heavy atom. The first-order valence-corrected chi connectivity index (χ1v) is 8.03. The molecule has 0 aromatic heterocycles. The molecule has 120 valence electrons. The predicted molar refractivity (Wildman–Crippen MR) is 85.6 cm³/mol. The number of carbonyl (C=O) groups is 2. The number of hydrogen-bond acceptors (Lipinski definition) is 3. The topological polar surface area (TPSA) is 46.6 Å². The number of esters is 1. The Morgan fingerprint density at radius 3 is 2.27 bits per heavy atom. The molecule has 2 atom stereocenters. The Hall–Kier alpha value is -1.84. The number of likely N-dealkylation sites (tertiary alicyclic amines) is 1. The molecular weight excluding hydrogens is 278 g/mol. The van der Waals surface area contributed by atoms with Gasteiger partial charge in [-0.15, -0.1) is 0 Å². The van der Waals surface area contributed by atoms with E-state index in [2.05, 4.69) is 20.8 Å². The highest BCUT2D eigenvalue weighted by Crippen LogP contribution is 2.21. The molecule has 0 bridgehead atoms. The van der Waals surface area contributed by atoms with Crippen LogP contribution in [0.3, 0.4) is 0 Å². The molecule has 1 aromatic carbocycles. The van der Waals surface area contributed by atoms with Crippen LogP contribution in [-0.4, -0.2) is 36.5 Å². The number of ether oxygens (including phenoxy) is 1. The maximum atomic E-state index is 12.2. The predicted octanol–water partition coefficient (Wildman–Crippen LogP) is 2.91. The zero-order chi connectivity index (χ0) is 16.1. The van der Waals surface area contributed by atoms with Gasteiger partial charge in [0.2, 0.25) is 0 Å². The number of rotatable bonds is 4. The lowest BCUT2D eigenvalue weighted by atomic mass is 9.92. The molecule has 1 amide bonds. The van der Waals surface area contributed by atoms with Crippen LogP contribution in [0, 0.1) is 11.8 Å². The molecule has 1 aliphatic heterocycles. The largest absolute Gasteiger partial charge is 0.452 e. The van der Waals surface area contributed by atoms with Crippen molar-refractivity contribution in [3.63, 3.8) is 0 Å². The standard InChI is InChI=1S/C18H25NO3/c1-4-15-5-7-16(8-6-15)18(21)22-12-17(20)19-10-13(2)9-14(3)11-19/h5-8,13-14H,4,9-12H2,1-3H3. The third-order valence-corrected chi connectivity index (χ3v) is 4.15. The number of piperidine rings is 1. The first-order valence-electron chi connectivity index (χ1n) is 8.03. The van der Waals surface area contributed by atoms with Gasteiger partial charge in [0.1, 0.15) is 0 Å². The molecule has 1 saturated heterocycles. The van der Waals surface area contributed by atoms with E-state index in [1.807, 2.05) is 17.0 Å². The van der Waals surface area contributed by atoms with Crippen molar-refractivity contribution in [1.29, 1.82) is 0 Å². The van der Waals surface area contributed by atoms with Crippen LogP contribution >= 0.6 is 0 Å². The highest BCUT2D eigenvalue weighted by atomic mass is 16.5. The van der Waals surface area contributed by atoms with Crippen molar-refractivity contribution in [2.24, 2.45) is 11.8 Å². The minimum absolute atomic E-state index is 0.100. The minimum atomic E-state index is -0.436. The van der Waals surface area contributed by atoms with Crippen molar-refractivity contribution in [1.82, 2.24) is 4.90 Å². The highest BCUT2D eigenvalue weighted by molar-refractivity contribution is 5.91. The molecule has 22 heavy (non-hydrogen) atoms. The molecule has 2 rings (SSSR count). The summed E-state index contributed by atoms with van der Waals surface area (Å²) in [5, 5.41) is 0. The SMILES string of the molecule is CCc1ccc(C(=O)OCC(=O)N2CC(C)CC(C)C2)cc1. The van der Waals surface area contributed by atoms with Crippen molar-refractivity contribution in [2.45, 2.75) is 33.6 Å². The van der Waals surface area contributed by atoms with Crippen LogP contribution in [0.4, 0.5) is 0 Å². The van der Waals surface area contributed by atoms with Gasteiger partial charge in [-0.2, -0.15) is 0 Å². The summed E-state index contributed by atoms with van der Waals surface area (Å²) < 4.78 is 5.16. The minimum Gasteiger partial charge on any atom is -0.452 e. The van der Waals surface area contributed by atoms with Gasteiger partial charge in [0.25, 0.3) is 5.91 Å². The summed E-state index contributed by atoms with van der Waals surface area (Å²) in [6.07, 6.45) is 2.08. The lowest BCUT2D eigenvalue weighted by Crippen LogP contribution is -2.44. The van der Waals surface area contributed by atoms with Crippen LogP contribution in [-0.2, 0) is 16.0 Å². The maximum Gasteiger partial charge on any atom is 0.338 e. The number of nitrogens with zero attached hydrogens (tertiary/aromatic N) is 1. The van der Waals surface area contributed by atoms with Crippen LogP contribution in [0.25, 0.3) is 0 Å². The summed E-state index contributed by atoms with van der Waals surface area (Å²) in [7, 11) is 0. The van der Waals surface area contributed by atoms with Gasteiger partial charge in [-0.1, -0.05) is 32.9 Å². The number of hydrogen-bond donors (Lipinski definition) is 0. The second-order valence-corrected chi connectivity index (χ2v) is 6.37. The van der Waals surface area contributed by atoms with Gasteiger partial charge in [0, 0.05) is 13.1 Å². The summed E-state index contributed by atoms with van der Waals surface area (Å²) >= 11 is 0. The van der Waals surface area contributed by atoms with Gasteiger partial charge in [-0.25, -0.2) is 4.79 Å². The smallest absolute Gasteiger partial charge is 0.338 e. The van der Waals surface area contributed by atoms with Crippen LogP contribution < -0.4 is 0 Å². The molecule has 1 aromatic rings. The third kappa shape index (κ3) is 4.33. The molecule has 0 spiro atoms. The van der Waals surface area contributed by atoms with E-state index in [1.54, 1.807) is 12.1 Å². The summed E-state index contributed by atoms with van der Waals surface area (Å²) in [5.41, 5.74) is 1.66. The molecule has 4 heteroatoms. The zero-order valence-corrected chi connectivity index (χ0v) is 13.7. The summed E-state index contributed by atoms with van der Waals surface area (Å²) in [5.74, 6) is 0.473. The molecule has 1 fully saturated rings. The molecule has 0 saturated carbocycles. The van der Waals surface area contributed by atoms with E-state index in [-0.39, 0.29) is 12.5 Å². The third-order valence-electron chi connectivity index (χ3n) is 4.15. The lowest BCUT2D eigenvalue weighted by molar-refractivity contribution is -0.137. The highest BCUT2D eigenvalue weighted by Gasteiger charge is 2.26. The lowest BCUT2D eigenvalue weighted by Gasteiger charge is -2.34. The van der Waals surface area contributed by atoms with Gasteiger partial charge in [-0.05, 0) is 42.4 Å². The Morgan fingerprint density at radius 1 is 1.14 bits per heavy atom. The quantitative estimate of drug-likeness (QED) is 0.804. The van der Waals surface area contributed by atoms with Crippen LogP contribution in [0.5, 0.6) is 0 Å². The second-order valence-electron chi connectivity index (χ2n) is 6.37. The van der Waals surface area contributed by atoms with Crippen LogP contribution in [0.2, 0.25) is 0 Å². The van der Waals surface area contributed by atoms with E-state index in [9.17, 15) is 9.59 Å².